The van der Waals surface area contributed by atoms with Gasteiger partial charge in [-0.2, -0.15) is 0 Å². The van der Waals surface area contributed by atoms with Crippen LogP contribution in [0.15, 0.2) is 79.0 Å². The van der Waals surface area contributed by atoms with E-state index in [1.54, 1.807) is 0 Å². The summed E-state index contributed by atoms with van der Waals surface area (Å²) in [5.74, 6) is 0.907. The second kappa shape index (κ2) is 8.56. The Hall–Kier alpha value is -3.11. The zero-order chi connectivity index (χ0) is 21.2. The number of rotatable bonds is 5. The average molecular weight is 427 g/mol. The number of nitrogens with zero attached hydrogens (tertiary/aromatic N) is 2. The third-order valence-electron chi connectivity index (χ3n) is 6.06. The largest absolute Gasteiger partial charge is 0.492 e. The first-order valence-electron chi connectivity index (χ1n) is 10.8. The fraction of sp³-hybridized carbons (Fsp3) is 0.222. The molecule has 0 spiro atoms. The Bertz CT molecular complexity index is 1230. The number of thiocarbonyl (C=S) groups is 1. The van der Waals surface area contributed by atoms with Crippen LogP contribution in [0.1, 0.15) is 22.3 Å². The SMILES string of the molecule is Cc1ccc(OCCn2cc(C(=S)N3CCc4ccccc4C3)c3ccccc32)cc1. The predicted octanol–water partition coefficient (Wildman–Crippen LogP) is 5.76. The van der Waals surface area contributed by atoms with E-state index in [9.17, 15) is 0 Å². The van der Waals surface area contributed by atoms with Gasteiger partial charge < -0.3 is 14.2 Å². The van der Waals surface area contributed by atoms with Crippen LogP contribution in [0.5, 0.6) is 5.75 Å². The Morgan fingerprint density at radius 2 is 1.68 bits per heavy atom. The van der Waals surface area contributed by atoms with Gasteiger partial charge in [-0.3, -0.25) is 0 Å². The summed E-state index contributed by atoms with van der Waals surface area (Å²) in [6.07, 6.45) is 3.24. The maximum atomic E-state index is 5.99. The second-order valence-electron chi connectivity index (χ2n) is 8.16. The Morgan fingerprint density at radius 3 is 2.52 bits per heavy atom. The standard InChI is InChI=1S/C27H26N2OS/c1-20-10-12-23(13-11-20)30-17-16-28-19-25(24-8-4-5-9-26(24)28)27(31)29-15-14-21-6-2-3-7-22(21)18-29/h2-13,19H,14-18H2,1H3. The van der Waals surface area contributed by atoms with Gasteiger partial charge in [-0.15, -0.1) is 0 Å². The molecule has 5 rings (SSSR count). The maximum absolute atomic E-state index is 5.99. The number of aromatic nitrogens is 1. The van der Waals surface area contributed by atoms with Gasteiger partial charge in [0.15, 0.2) is 0 Å². The van der Waals surface area contributed by atoms with Crippen molar-refractivity contribution in [3.63, 3.8) is 0 Å². The second-order valence-corrected chi connectivity index (χ2v) is 8.55. The summed E-state index contributed by atoms with van der Waals surface area (Å²) >= 11 is 5.99. The highest BCUT2D eigenvalue weighted by Crippen LogP contribution is 2.26. The van der Waals surface area contributed by atoms with E-state index in [1.165, 1.54) is 27.6 Å². The molecular weight excluding hydrogens is 400 g/mol. The van der Waals surface area contributed by atoms with Crippen molar-refractivity contribution >= 4 is 28.1 Å². The predicted molar refractivity (Wildman–Crippen MR) is 131 cm³/mol. The number of para-hydroxylation sites is 1. The third-order valence-corrected chi connectivity index (χ3v) is 6.54. The summed E-state index contributed by atoms with van der Waals surface area (Å²) in [4.78, 5) is 3.27. The number of hydrogen-bond acceptors (Lipinski definition) is 2. The highest BCUT2D eigenvalue weighted by atomic mass is 32.1. The van der Waals surface area contributed by atoms with Crippen LogP contribution in [-0.2, 0) is 19.5 Å². The van der Waals surface area contributed by atoms with E-state index in [-0.39, 0.29) is 0 Å². The minimum Gasteiger partial charge on any atom is -0.492 e. The number of fused-ring (bicyclic) bond motifs is 2. The zero-order valence-electron chi connectivity index (χ0n) is 17.8. The molecule has 0 radical (unpaired) electrons. The van der Waals surface area contributed by atoms with Gasteiger partial charge in [-0.05, 0) is 42.7 Å². The van der Waals surface area contributed by atoms with Crippen LogP contribution in [0.3, 0.4) is 0 Å². The molecule has 0 saturated heterocycles. The molecule has 0 bridgehead atoms. The van der Waals surface area contributed by atoms with Gasteiger partial charge in [0.2, 0.25) is 0 Å². The molecule has 0 atom stereocenters. The molecule has 0 aliphatic carbocycles. The van der Waals surface area contributed by atoms with Crippen LogP contribution in [0.2, 0.25) is 0 Å². The van der Waals surface area contributed by atoms with E-state index in [0.29, 0.717) is 6.61 Å². The molecule has 1 aromatic heterocycles. The fourth-order valence-corrected chi connectivity index (χ4v) is 4.66. The smallest absolute Gasteiger partial charge is 0.119 e. The molecule has 4 aromatic rings. The highest BCUT2D eigenvalue weighted by Gasteiger charge is 2.21. The van der Waals surface area contributed by atoms with Gasteiger partial charge in [-0.25, -0.2) is 0 Å². The Labute approximate surface area is 188 Å². The molecule has 156 valence electrons. The van der Waals surface area contributed by atoms with Crippen LogP contribution in [0.4, 0.5) is 0 Å². The molecule has 4 heteroatoms. The summed E-state index contributed by atoms with van der Waals surface area (Å²) in [5, 5.41) is 1.21. The van der Waals surface area contributed by atoms with Gasteiger partial charge in [0.25, 0.3) is 0 Å². The van der Waals surface area contributed by atoms with E-state index < -0.39 is 0 Å². The number of ether oxygens (including phenoxy) is 1. The topological polar surface area (TPSA) is 17.4 Å². The monoisotopic (exact) mass is 426 g/mol. The van der Waals surface area contributed by atoms with E-state index in [0.717, 1.165) is 42.4 Å². The molecule has 3 nitrogen and oxygen atoms in total. The lowest BCUT2D eigenvalue weighted by molar-refractivity contribution is 0.300. The van der Waals surface area contributed by atoms with Gasteiger partial charge in [0.1, 0.15) is 17.3 Å². The van der Waals surface area contributed by atoms with Crippen molar-refractivity contribution in [3.05, 3.63) is 101 Å². The summed E-state index contributed by atoms with van der Waals surface area (Å²) in [5.41, 5.74) is 6.40. The van der Waals surface area contributed by atoms with E-state index >= 15 is 0 Å². The molecule has 1 aliphatic rings. The fourth-order valence-electron chi connectivity index (χ4n) is 4.34. The zero-order valence-corrected chi connectivity index (χ0v) is 18.6. The summed E-state index contributed by atoms with van der Waals surface area (Å²) in [6, 6.07) is 25.4. The molecule has 3 aromatic carbocycles. The lowest BCUT2D eigenvalue weighted by Gasteiger charge is -2.30. The van der Waals surface area contributed by atoms with E-state index in [1.807, 2.05) is 12.1 Å². The first-order chi connectivity index (χ1) is 15.2. The lowest BCUT2D eigenvalue weighted by Crippen LogP contribution is -2.35. The van der Waals surface area contributed by atoms with Crippen LogP contribution >= 0.6 is 12.2 Å². The van der Waals surface area contributed by atoms with E-state index in [4.69, 9.17) is 17.0 Å². The number of benzene rings is 3. The molecule has 1 aliphatic heterocycles. The molecule has 2 heterocycles. The summed E-state index contributed by atoms with van der Waals surface area (Å²) in [6.45, 7) is 5.32. The van der Waals surface area contributed by atoms with Crippen molar-refractivity contribution < 1.29 is 4.74 Å². The minimum absolute atomic E-state index is 0.616. The molecule has 0 fully saturated rings. The van der Waals surface area contributed by atoms with Gasteiger partial charge in [0.05, 0.1) is 6.54 Å². The van der Waals surface area contributed by atoms with Gasteiger partial charge in [0, 0.05) is 35.8 Å². The summed E-state index contributed by atoms with van der Waals surface area (Å²) in [7, 11) is 0. The van der Waals surface area contributed by atoms with Gasteiger partial charge >= 0.3 is 0 Å². The quantitative estimate of drug-likeness (QED) is 0.378. The van der Waals surface area contributed by atoms with E-state index in [2.05, 4.69) is 83.3 Å². The van der Waals surface area contributed by atoms with Crippen molar-refractivity contribution in [2.24, 2.45) is 0 Å². The highest BCUT2D eigenvalue weighted by molar-refractivity contribution is 7.80. The molecule has 0 saturated carbocycles. The Morgan fingerprint density at radius 1 is 0.935 bits per heavy atom. The first kappa shape index (κ1) is 19.8. The number of hydrogen-bond donors (Lipinski definition) is 0. The number of aryl methyl sites for hydroxylation is 1. The molecular formula is C27H26N2OS. The molecule has 0 amide bonds. The van der Waals surface area contributed by atoms with Crippen molar-refractivity contribution in [2.45, 2.75) is 26.4 Å². The van der Waals surface area contributed by atoms with Crippen molar-refractivity contribution in [3.8, 4) is 5.75 Å². The third kappa shape index (κ3) is 4.08. The normalized spacial score (nSPS) is 13.3. The minimum atomic E-state index is 0.616. The van der Waals surface area contributed by atoms with Crippen LogP contribution in [0, 0.1) is 6.92 Å². The van der Waals surface area contributed by atoms with Crippen molar-refractivity contribution in [2.75, 3.05) is 13.2 Å². The Balaban J connectivity index is 1.36. The van der Waals surface area contributed by atoms with Crippen molar-refractivity contribution in [1.82, 2.24) is 9.47 Å². The molecule has 0 N–H and O–H groups in total. The van der Waals surface area contributed by atoms with Crippen LogP contribution in [-0.4, -0.2) is 27.6 Å². The maximum Gasteiger partial charge on any atom is 0.119 e. The van der Waals surface area contributed by atoms with Crippen molar-refractivity contribution in [1.29, 1.82) is 0 Å². The summed E-state index contributed by atoms with van der Waals surface area (Å²) < 4.78 is 8.24. The molecule has 31 heavy (non-hydrogen) atoms. The van der Waals surface area contributed by atoms with Gasteiger partial charge in [-0.1, -0.05) is 72.4 Å². The first-order valence-corrected chi connectivity index (χ1v) is 11.2. The average Bonchev–Trinajstić information content (AvgIpc) is 3.18. The van der Waals surface area contributed by atoms with Crippen LogP contribution < -0.4 is 4.74 Å². The molecule has 0 unspecified atom stereocenters. The Kier molecular flexibility index (Phi) is 5.47. The lowest BCUT2D eigenvalue weighted by atomic mass is 9.99. The van der Waals surface area contributed by atoms with Crippen LogP contribution in [0.25, 0.3) is 10.9 Å².